The molecular weight excluding hydrogens is 519 g/mol. The molecule has 1 unspecified atom stereocenters. The lowest BCUT2D eigenvalue weighted by molar-refractivity contribution is -0.119. The van der Waals surface area contributed by atoms with Gasteiger partial charge in [0.25, 0.3) is 5.91 Å². The Hall–Kier alpha value is -3.12. The number of hydrogen-bond acceptors (Lipinski definition) is 4. The van der Waals surface area contributed by atoms with Crippen LogP contribution in [0, 0.1) is 0 Å². The molecule has 0 radical (unpaired) electrons. The summed E-state index contributed by atoms with van der Waals surface area (Å²) in [5.41, 5.74) is 4.50. The number of amides is 1. The van der Waals surface area contributed by atoms with E-state index in [9.17, 15) is 9.59 Å². The first kappa shape index (κ1) is 24.6. The SMILES string of the molecule is O=C(COC(=O)c1c2c(nc3ccccc13)CCC(c1ccccc1)C2)Nc1cc(Cl)c(Cl)cc1Cl. The number of para-hydroxylation sites is 1. The van der Waals surface area contributed by atoms with Crippen molar-refractivity contribution in [3.63, 3.8) is 0 Å². The van der Waals surface area contributed by atoms with Crippen molar-refractivity contribution < 1.29 is 14.3 Å². The number of ether oxygens (including phenoxy) is 1. The molecule has 0 saturated heterocycles. The molecule has 1 aliphatic rings. The van der Waals surface area contributed by atoms with Gasteiger partial charge in [-0.25, -0.2) is 4.79 Å². The van der Waals surface area contributed by atoms with E-state index in [0.29, 0.717) is 17.4 Å². The van der Waals surface area contributed by atoms with Crippen LogP contribution in [-0.2, 0) is 22.4 Å². The normalized spacial score (nSPS) is 14.8. The van der Waals surface area contributed by atoms with Gasteiger partial charge in [0.1, 0.15) is 0 Å². The van der Waals surface area contributed by atoms with Gasteiger partial charge in [0, 0.05) is 11.1 Å². The summed E-state index contributed by atoms with van der Waals surface area (Å²) in [7, 11) is 0. The molecule has 1 N–H and O–H groups in total. The third-order valence-corrected chi connectivity index (χ3v) is 7.39. The molecule has 1 heterocycles. The minimum atomic E-state index is -0.561. The molecule has 0 saturated carbocycles. The van der Waals surface area contributed by atoms with Crippen molar-refractivity contribution in [1.29, 1.82) is 0 Å². The first-order valence-corrected chi connectivity index (χ1v) is 12.6. The number of halogens is 3. The number of fused-ring (bicyclic) bond motifs is 2. The van der Waals surface area contributed by atoms with Crippen molar-refractivity contribution in [3.8, 4) is 0 Å². The van der Waals surface area contributed by atoms with Crippen LogP contribution in [0.1, 0.15) is 39.5 Å². The fourth-order valence-electron chi connectivity index (χ4n) is 4.64. The zero-order chi connectivity index (χ0) is 25.2. The van der Waals surface area contributed by atoms with E-state index in [0.717, 1.165) is 29.6 Å². The molecule has 5 nitrogen and oxygen atoms in total. The third-order valence-electron chi connectivity index (χ3n) is 6.35. The number of benzene rings is 3. The summed E-state index contributed by atoms with van der Waals surface area (Å²) in [6.07, 6.45) is 2.38. The molecule has 0 spiro atoms. The fraction of sp³-hybridized carbons (Fsp3) is 0.179. The van der Waals surface area contributed by atoms with Gasteiger partial charge in [0.2, 0.25) is 0 Å². The maximum Gasteiger partial charge on any atom is 0.339 e. The number of anilines is 1. The Bertz CT molecular complexity index is 1470. The second-order valence-electron chi connectivity index (χ2n) is 8.65. The number of aromatic nitrogens is 1. The van der Waals surface area contributed by atoms with E-state index in [1.165, 1.54) is 17.7 Å². The highest BCUT2D eigenvalue weighted by Crippen LogP contribution is 2.36. The van der Waals surface area contributed by atoms with Crippen LogP contribution in [0.15, 0.2) is 66.7 Å². The number of pyridine rings is 1. The second-order valence-corrected chi connectivity index (χ2v) is 9.87. The monoisotopic (exact) mass is 538 g/mol. The summed E-state index contributed by atoms with van der Waals surface area (Å²) in [6.45, 7) is -0.483. The lowest BCUT2D eigenvalue weighted by Crippen LogP contribution is -2.24. The van der Waals surface area contributed by atoms with Gasteiger partial charge in [0.05, 0.1) is 31.8 Å². The smallest absolute Gasteiger partial charge is 0.339 e. The average molecular weight is 540 g/mol. The lowest BCUT2D eigenvalue weighted by atomic mass is 9.80. The Kier molecular flexibility index (Phi) is 7.15. The van der Waals surface area contributed by atoms with E-state index < -0.39 is 18.5 Å². The maximum atomic E-state index is 13.4. The number of hydrogen-bond donors (Lipinski definition) is 1. The number of nitrogens with zero attached hydrogens (tertiary/aromatic N) is 1. The lowest BCUT2D eigenvalue weighted by Gasteiger charge is -2.27. The predicted molar refractivity (Wildman–Crippen MR) is 143 cm³/mol. The van der Waals surface area contributed by atoms with Crippen LogP contribution in [0.25, 0.3) is 10.9 Å². The van der Waals surface area contributed by atoms with Gasteiger partial charge >= 0.3 is 5.97 Å². The molecule has 8 heteroatoms. The Labute approximate surface area is 223 Å². The van der Waals surface area contributed by atoms with Crippen molar-refractivity contribution in [2.75, 3.05) is 11.9 Å². The van der Waals surface area contributed by atoms with Gasteiger partial charge in [-0.2, -0.15) is 0 Å². The second kappa shape index (κ2) is 10.5. The van der Waals surface area contributed by atoms with E-state index in [1.54, 1.807) is 0 Å². The van der Waals surface area contributed by atoms with Crippen LogP contribution in [0.2, 0.25) is 15.1 Å². The molecule has 36 heavy (non-hydrogen) atoms. The number of esters is 1. The van der Waals surface area contributed by atoms with Gasteiger partial charge in [-0.15, -0.1) is 0 Å². The fourth-order valence-corrected chi connectivity index (χ4v) is 5.23. The van der Waals surface area contributed by atoms with E-state index in [-0.39, 0.29) is 26.7 Å². The summed E-state index contributed by atoms with van der Waals surface area (Å²) in [6, 6.07) is 20.7. The average Bonchev–Trinajstić information content (AvgIpc) is 2.89. The Balaban J connectivity index is 1.40. The zero-order valence-electron chi connectivity index (χ0n) is 19.1. The van der Waals surface area contributed by atoms with Crippen LogP contribution in [0.5, 0.6) is 0 Å². The van der Waals surface area contributed by atoms with Gasteiger partial charge in [-0.05, 0) is 54.5 Å². The number of aryl methyl sites for hydroxylation is 1. The van der Waals surface area contributed by atoms with Gasteiger partial charge < -0.3 is 10.1 Å². The van der Waals surface area contributed by atoms with Crippen LogP contribution in [0.3, 0.4) is 0 Å². The zero-order valence-corrected chi connectivity index (χ0v) is 21.3. The molecule has 0 aliphatic heterocycles. The number of carbonyl (C=O) groups excluding carboxylic acids is 2. The van der Waals surface area contributed by atoms with Crippen molar-refractivity contribution in [2.45, 2.75) is 25.2 Å². The van der Waals surface area contributed by atoms with Crippen LogP contribution >= 0.6 is 34.8 Å². The summed E-state index contributed by atoms with van der Waals surface area (Å²) < 4.78 is 5.49. The minimum Gasteiger partial charge on any atom is -0.452 e. The highest BCUT2D eigenvalue weighted by molar-refractivity contribution is 6.44. The molecular formula is C28H21Cl3N2O3. The molecule has 0 bridgehead atoms. The van der Waals surface area contributed by atoms with Gasteiger partial charge in [-0.3, -0.25) is 9.78 Å². The summed E-state index contributed by atoms with van der Waals surface area (Å²) in [5.74, 6) is -0.833. The molecule has 1 aliphatic carbocycles. The Morgan fingerprint density at radius 3 is 2.47 bits per heavy atom. The van der Waals surface area contributed by atoms with Crippen molar-refractivity contribution >= 4 is 63.3 Å². The molecule has 3 aromatic carbocycles. The quantitative estimate of drug-likeness (QED) is 0.214. The molecule has 182 valence electrons. The molecule has 1 aromatic heterocycles. The largest absolute Gasteiger partial charge is 0.452 e. The summed E-state index contributed by atoms with van der Waals surface area (Å²) in [5, 5.41) is 4.07. The van der Waals surface area contributed by atoms with E-state index in [2.05, 4.69) is 17.4 Å². The first-order valence-electron chi connectivity index (χ1n) is 11.5. The van der Waals surface area contributed by atoms with E-state index >= 15 is 0 Å². The van der Waals surface area contributed by atoms with Crippen molar-refractivity contribution in [3.05, 3.63) is 104 Å². The van der Waals surface area contributed by atoms with Gasteiger partial charge in [-0.1, -0.05) is 83.3 Å². The highest BCUT2D eigenvalue weighted by Gasteiger charge is 2.28. The predicted octanol–water partition coefficient (Wildman–Crippen LogP) is 7.26. The molecule has 1 amide bonds. The van der Waals surface area contributed by atoms with Crippen LogP contribution in [0.4, 0.5) is 5.69 Å². The Morgan fingerprint density at radius 2 is 1.67 bits per heavy atom. The van der Waals surface area contributed by atoms with E-state index in [4.69, 9.17) is 44.5 Å². The van der Waals surface area contributed by atoms with Crippen molar-refractivity contribution in [2.24, 2.45) is 0 Å². The summed E-state index contributed by atoms with van der Waals surface area (Å²) in [4.78, 5) is 30.8. The molecule has 5 rings (SSSR count). The molecule has 0 fully saturated rings. The number of rotatable bonds is 5. The minimum absolute atomic E-state index is 0.227. The van der Waals surface area contributed by atoms with Crippen molar-refractivity contribution in [1.82, 2.24) is 4.98 Å². The van der Waals surface area contributed by atoms with Crippen LogP contribution < -0.4 is 5.32 Å². The van der Waals surface area contributed by atoms with Crippen LogP contribution in [-0.4, -0.2) is 23.5 Å². The highest BCUT2D eigenvalue weighted by atomic mass is 35.5. The van der Waals surface area contributed by atoms with Gasteiger partial charge in [0.15, 0.2) is 6.61 Å². The summed E-state index contributed by atoms with van der Waals surface area (Å²) >= 11 is 18.1. The number of carbonyl (C=O) groups is 2. The first-order chi connectivity index (χ1) is 17.4. The molecule has 1 atom stereocenters. The standard InChI is InChI=1S/C28H21Cl3N2O3/c29-20-13-22(31)25(14-21(20)30)33-26(34)15-36-28(35)27-18-8-4-5-9-23(18)32-24-11-10-17(12-19(24)27)16-6-2-1-3-7-16/h1-9,13-14,17H,10-12,15H2,(H,33,34). The number of nitrogens with one attached hydrogen (secondary N) is 1. The third kappa shape index (κ3) is 5.05. The maximum absolute atomic E-state index is 13.4. The topological polar surface area (TPSA) is 68.3 Å². The Morgan fingerprint density at radius 1 is 0.944 bits per heavy atom. The van der Waals surface area contributed by atoms with E-state index in [1.807, 2.05) is 42.5 Å². The molecule has 4 aromatic rings.